The van der Waals surface area contributed by atoms with Crippen LogP contribution < -0.4 is 10.6 Å². The van der Waals surface area contributed by atoms with Gasteiger partial charge in [-0.25, -0.2) is 0 Å². The second-order valence-electron chi connectivity index (χ2n) is 6.94. The molecule has 1 heterocycles. The maximum Gasteiger partial charge on any atom is 0.223 e. The van der Waals surface area contributed by atoms with Crippen molar-refractivity contribution in [3.05, 3.63) is 0 Å². The van der Waals surface area contributed by atoms with Gasteiger partial charge in [0.05, 0.1) is 6.61 Å². The van der Waals surface area contributed by atoms with Gasteiger partial charge in [0.25, 0.3) is 0 Å². The van der Waals surface area contributed by atoms with E-state index >= 15 is 0 Å². The van der Waals surface area contributed by atoms with Crippen LogP contribution in [0.5, 0.6) is 0 Å². The summed E-state index contributed by atoms with van der Waals surface area (Å²) in [7, 11) is 1.76. The van der Waals surface area contributed by atoms with E-state index in [4.69, 9.17) is 4.74 Å². The van der Waals surface area contributed by atoms with Crippen LogP contribution in [0.1, 0.15) is 57.8 Å². The summed E-state index contributed by atoms with van der Waals surface area (Å²) >= 11 is 0. The molecule has 2 N–H and O–H groups in total. The van der Waals surface area contributed by atoms with Crippen LogP contribution in [0.25, 0.3) is 0 Å². The molecule has 1 aliphatic heterocycles. The fourth-order valence-electron chi connectivity index (χ4n) is 3.77. The molecule has 130 valence electrons. The minimum atomic E-state index is 0. The van der Waals surface area contributed by atoms with Crippen molar-refractivity contribution < 1.29 is 9.53 Å². The van der Waals surface area contributed by atoms with Crippen LogP contribution in [0.3, 0.4) is 0 Å². The molecule has 0 bridgehead atoms. The Morgan fingerprint density at radius 2 is 1.73 bits per heavy atom. The quantitative estimate of drug-likeness (QED) is 0.814. The highest BCUT2D eigenvalue weighted by Gasteiger charge is 2.33. The molecule has 1 aliphatic carbocycles. The lowest BCUT2D eigenvalue weighted by Gasteiger charge is -2.37. The van der Waals surface area contributed by atoms with Crippen molar-refractivity contribution in [1.29, 1.82) is 0 Å². The van der Waals surface area contributed by atoms with Crippen molar-refractivity contribution in [3.63, 3.8) is 0 Å². The number of hydrogen-bond acceptors (Lipinski definition) is 3. The van der Waals surface area contributed by atoms with Crippen LogP contribution >= 0.6 is 12.4 Å². The van der Waals surface area contributed by atoms with Gasteiger partial charge in [-0.2, -0.15) is 0 Å². The van der Waals surface area contributed by atoms with E-state index in [1.807, 2.05) is 0 Å². The molecule has 0 radical (unpaired) electrons. The average molecular weight is 333 g/mol. The molecule has 2 rings (SSSR count). The third-order valence-corrected chi connectivity index (χ3v) is 5.23. The Balaban J connectivity index is 0.00000242. The Hall–Kier alpha value is -0.320. The van der Waals surface area contributed by atoms with Crippen molar-refractivity contribution in [1.82, 2.24) is 10.6 Å². The summed E-state index contributed by atoms with van der Waals surface area (Å²) in [5, 5.41) is 6.65. The van der Waals surface area contributed by atoms with Gasteiger partial charge in [-0.3, -0.25) is 4.79 Å². The van der Waals surface area contributed by atoms with E-state index in [9.17, 15) is 4.79 Å². The molecule has 1 saturated carbocycles. The van der Waals surface area contributed by atoms with Crippen molar-refractivity contribution in [2.75, 3.05) is 33.4 Å². The van der Waals surface area contributed by atoms with Crippen LogP contribution in [-0.2, 0) is 9.53 Å². The van der Waals surface area contributed by atoms with Gasteiger partial charge >= 0.3 is 0 Å². The first-order chi connectivity index (χ1) is 10.3. The van der Waals surface area contributed by atoms with E-state index in [1.54, 1.807) is 7.11 Å². The number of halogens is 1. The number of hydrogen-bond donors (Lipinski definition) is 2. The lowest BCUT2D eigenvalue weighted by molar-refractivity contribution is -0.126. The summed E-state index contributed by atoms with van der Waals surface area (Å²) < 4.78 is 5.42. The monoisotopic (exact) mass is 332 g/mol. The first-order valence-corrected chi connectivity index (χ1v) is 8.73. The Morgan fingerprint density at radius 1 is 1.14 bits per heavy atom. The maximum atomic E-state index is 12.5. The summed E-state index contributed by atoms with van der Waals surface area (Å²) in [5.41, 5.74) is 0.136. The van der Waals surface area contributed by atoms with Crippen LogP contribution in [0.4, 0.5) is 0 Å². The molecule has 2 fully saturated rings. The molecule has 22 heavy (non-hydrogen) atoms. The van der Waals surface area contributed by atoms with E-state index < -0.39 is 0 Å². The van der Waals surface area contributed by atoms with Gasteiger partial charge in [-0.05, 0) is 38.8 Å². The minimum Gasteiger partial charge on any atom is -0.384 e. The number of ether oxygens (including phenoxy) is 1. The topological polar surface area (TPSA) is 50.4 Å². The zero-order chi connectivity index (χ0) is 15.0. The molecule has 0 aromatic heterocycles. The summed E-state index contributed by atoms with van der Waals surface area (Å²) in [6.45, 7) is 3.59. The predicted molar refractivity (Wildman–Crippen MR) is 92.5 cm³/mol. The van der Waals surface area contributed by atoms with Crippen LogP contribution in [0.15, 0.2) is 0 Å². The normalized spacial score (nSPS) is 23.0. The van der Waals surface area contributed by atoms with Crippen molar-refractivity contribution >= 4 is 18.3 Å². The fourth-order valence-corrected chi connectivity index (χ4v) is 3.77. The first-order valence-electron chi connectivity index (χ1n) is 8.73. The number of piperidine rings is 1. The standard InChI is InChI=1S/C17H32N2O2.ClH/c1-21-14-17(9-11-18-12-10-17)13-19-16(20)15-7-5-3-2-4-6-8-15;/h15,18H,2-14H2,1H3,(H,19,20);1H. The molecule has 2 aliphatic rings. The van der Waals surface area contributed by atoms with E-state index in [0.717, 1.165) is 51.9 Å². The highest BCUT2D eigenvalue weighted by Crippen LogP contribution is 2.29. The van der Waals surface area contributed by atoms with Gasteiger partial charge in [0, 0.05) is 25.0 Å². The summed E-state index contributed by atoms with van der Waals surface area (Å²) in [6.07, 6.45) is 10.7. The third kappa shape index (κ3) is 6.05. The number of amides is 1. The SMILES string of the molecule is COCC1(CNC(=O)C2CCCCCCC2)CCNCC1.Cl. The minimum absolute atomic E-state index is 0. The number of methoxy groups -OCH3 is 1. The van der Waals surface area contributed by atoms with Gasteiger partial charge in [0.1, 0.15) is 0 Å². The molecule has 1 saturated heterocycles. The predicted octanol–water partition coefficient (Wildman–Crippen LogP) is 2.90. The van der Waals surface area contributed by atoms with Crippen molar-refractivity contribution in [2.45, 2.75) is 57.8 Å². The molecule has 5 heteroatoms. The Labute approximate surface area is 141 Å². The molecule has 0 aromatic rings. The third-order valence-electron chi connectivity index (χ3n) is 5.23. The summed E-state index contributed by atoms with van der Waals surface area (Å²) in [5.74, 6) is 0.525. The molecule has 4 nitrogen and oxygen atoms in total. The van der Waals surface area contributed by atoms with Gasteiger partial charge in [0.2, 0.25) is 5.91 Å². The summed E-state index contributed by atoms with van der Waals surface area (Å²) in [6, 6.07) is 0. The van der Waals surface area contributed by atoms with E-state index in [1.165, 1.54) is 32.1 Å². The highest BCUT2D eigenvalue weighted by molar-refractivity contribution is 5.85. The highest BCUT2D eigenvalue weighted by atomic mass is 35.5. The lowest BCUT2D eigenvalue weighted by Crippen LogP contribution is -2.48. The van der Waals surface area contributed by atoms with Crippen LogP contribution in [-0.4, -0.2) is 39.3 Å². The molecule has 1 amide bonds. The number of carbonyl (C=O) groups excluding carboxylic acids is 1. The molecule has 0 spiro atoms. The second-order valence-corrected chi connectivity index (χ2v) is 6.94. The second kappa shape index (κ2) is 10.5. The van der Waals surface area contributed by atoms with Gasteiger partial charge in [-0.1, -0.05) is 32.1 Å². The van der Waals surface area contributed by atoms with E-state index in [2.05, 4.69) is 10.6 Å². The molecular weight excluding hydrogens is 300 g/mol. The Kier molecular flexibility index (Phi) is 9.37. The smallest absolute Gasteiger partial charge is 0.223 e. The average Bonchev–Trinajstić information content (AvgIpc) is 2.46. The van der Waals surface area contributed by atoms with E-state index in [0.29, 0.717) is 0 Å². The lowest BCUT2D eigenvalue weighted by atomic mass is 9.79. The molecular formula is C17H33ClN2O2. The first kappa shape index (κ1) is 19.7. The van der Waals surface area contributed by atoms with Crippen LogP contribution in [0.2, 0.25) is 0 Å². The van der Waals surface area contributed by atoms with Crippen LogP contribution in [0, 0.1) is 11.3 Å². The molecule has 0 aromatic carbocycles. The zero-order valence-electron chi connectivity index (χ0n) is 14.0. The Morgan fingerprint density at radius 3 is 2.32 bits per heavy atom. The fraction of sp³-hybridized carbons (Fsp3) is 0.941. The summed E-state index contributed by atoms with van der Waals surface area (Å²) in [4.78, 5) is 12.5. The number of carbonyl (C=O) groups is 1. The van der Waals surface area contributed by atoms with Gasteiger partial charge < -0.3 is 15.4 Å². The zero-order valence-corrected chi connectivity index (χ0v) is 14.8. The van der Waals surface area contributed by atoms with Gasteiger partial charge in [0.15, 0.2) is 0 Å². The van der Waals surface area contributed by atoms with Crippen molar-refractivity contribution in [3.8, 4) is 0 Å². The Bertz CT molecular complexity index is 306. The van der Waals surface area contributed by atoms with Gasteiger partial charge in [-0.15, -0.1) is 12.4 Å². The molecule has 0 unspecified atom stereocenters. The number of rotatable bonds is 5. The van der Waals surface area contributed by atoms with E-state index in [-0.39, 0.29) is 29.6 Å². The largest absolute Gasteiger partial charge is 0.384 e. The molecule has 0 atom stereocenters. The number of nitrogens with one attached hydrogen (secondary N) is 2. The van der Waals surface area contributed by atoms with Crippen molar-refractivity contribution in [2.24, 2.45) is 11.3 Å². The maximum absolute atomic E-state index is 12.5.